The number of hydrogen-bond donors (Lipinski definition) is 2. The van der Waals surface area contributed by atoms with E-state index in [1.54, 1.807) is 0 Å². The Balaban J connectivity index is 1.88. The molecule has 0 aliphatic carbocycles. The van der Waals surface area contributed by atoms with Crippen molar-refractivity contribution < 1.29 is 10.2 Å². The zero-order valence-electron chi connectivity index (χ0n) is 16.5. The highest BCUT2D eigenvalue weighted by molar-refractivity contribution is 5.36. The highest BCUT2D eigenvalue weighted by Crippen LogP contribution is 2.23. The summed E-state index contributed by atoms with van der Waals surface area (Å²) in [7, 11) is 0. The summed E-state index contributed by atoms with van der Waals surface area (Å²) in [4.78, 5) is 9.12. The Kier molecular flexibility index (Phi) is 8.10. The summed E-state index contributed by atoms with van der Waals surface area (Å²) < 4.78 is 2.03. The molecule has 2 heterocycles. The lowest BCUT2D eigenvalue weighted by atomic mass is 10.1. The Hall–Kier alpha value is -1.88. The van der Waals surface area contributed by atoms with Crippen molar-refractivity contribution >= 4 is 0 Å². The van der Waals surface area contributed by atoms with Gasteiger partial charge >= 0.3 is 0 Å². The molecule has 0 aliphatic rings. The predicted octanol–water partition coefficient (Wildman–Crippen LogP) is 4.55. The summed E-state index contributed by atoms with van der Waals surface area (Å²) in [5.74, 6) is 0.888. The largest absolute Gasteiger partial charge is 0.504 e. The number of aliphatic hydroxyl groups excluding tert-OH is 1. The molecule has 5 nitrogen and oxygen atoms in total. The fourth-order valence-corrected chi connectivity index (χ4v) is 3.33. The van der Waals surface area contributed by atoms with E-state index < -0.39 is 0 Å². The Bertz CT molecular complexity index is 675. The maximum Gasteiger partial charge on any atom is 0.234 e. The number of rotatable bonds is 11. The molecule has 0 fully saturated rings. The van der Waals surface area contributed by atoms with Gasteiger partial charge in [-0.3, -0.25) is 4.57 Å². The lowest BCUT2D eigenvalue weighted by Gasteiger charge is -2.12. The number of hydrogen-bond acceptors (Lipinski definition) is 4. The minimum atomic E-state index is 0.236. The second-order valence-corrected chi connectivity index (χ2v) is 7.16. The van der Waals surface area contributed by atoms with Crippen molar-refractivity contribution in [1.82, 2.24) is 14.5 Å². The first-order chi connectivity index (χ1) is 12.5. The van der Waals surface area contributed by atoms with E-state index >= 15 is 0 Å². The van der Waals surface area contributed by atoms with Crippen molar-refractivity contribution in [2.75, 3.05) is 6.61 Å². The second-order valence-electron chi connectivity index (χ2n) is 7.16. The van der Waals surface area contributed by atoms with Gasteiger partial charge in [0.25, 0.3) is 0 Å². The van der Waals surface area contributed by atoms with Gasteiger partial charge in [0, 0.05) is 18.0 Å². The summed E-state index contributed by atoms with van der Waals surface area (Å²) in [5, 5.41) is 19.1. The maximum atomic E-state index is 10.3. The molecule has 2 N–H and O–H groups in total. The van der Waals surface area contributed by atoms with Gasteiger partial charge in [0.05, 0.1) is 11.4 Å². The van der Waals surface area contributed by atoms with Crippen LogP contribution in [0.1, 0.15) is 74.1 Å². The molecular weight excluding hydrogens is 326 g/mol. The van der Waals surface area contributed by atoms with Crippen LogP contribution < -0.4 is 0 Å². The summed E-state index contributed by atoms with van der Waals surface area (Å²) in [5.41, 5.74) is 3.59. The normalized spacial score (nSPS) is 11.2. The number of unbranched alkanes of at least 4 members (excludes halogenated alkanes) is 7. The molecule has 0 radical (unpaired) electrons. The maximum absolute atomic E-state index is 10.3. The van der Waals surface area contributed by atoms with Crippen LogP contribution in [0.25, 0.3) is 5.95 Å². The van der Waals surface area contributed by atoms with Crippen molar-refractivity contribution in [3.05, 3.63) is 34.9 Å². The molecule has 0 aliphatic heterocycles. The van der Waals surface area contributed by atoms with Crippen LogP contribution in [-0.2, 0) is 6.42 Å². The third kappa shape index (κ3) is 5.56. The molecule has 0 spiro atoms. The summed E-state index contributed by atoms with van der Waals surface area (Å²) in [6.45, 7) is 6.23. The molecule has 0 unspecified atom stereocenters. The highest BCUT2D eigenvalue weighted by Gasteiger charge is 2.14. The Morgan fingerprint density at radius 2 is 1.35 bits per heavy atom. The number of aromatic nitrogens is 3. The van der Waals surface area contributed by atoms with Gasteiger partial charge in [-0.15, -0.1) is 0 Å². The van der Waals surface area contributed by atoms with E-state index in [4.69, 9.17) is 5.11 Å². The number of nitrogens with zero attached hydrogens (tertiary/aromatic N) is 3. The van der Waals surface area contributed by atoms with Crippen LogP contribution in [0.2, 0.25) is 0 Å². The molecule has 0 bridgehead atoms. The van der Waals surface area contributed by atoms with Crippen molar-refractivity contribution in [2.24, 2.45) is 0 Å². The molecule has 2 aromatic heterocycles. The van der Waals surface area contributed by atoms with Crippen LogP contribution in [0.4, 0.5) is 0 Å². The molecule has 0 aromatic carbocycles. The van der Waals surface area contributed by atoms with E-state index in [2.05, 4.69) is 22.1 Å². The smallest absolute Gasteiger partial charge is 0.234 e. The topological polar surface area (TPSA) is 71.2 Å². The van der Waals surface area contributed by atoms with Crippen molar-refractivity contribution in [2.45, 2.75) is 78.6 Å². The standard InChI is InChI=1S/C21H33N3O2/c1-16-13-14-17(2)24(16)21-22-18(3)20(26)19(23-21)12-10-8-6-4-5-7-9-11-15-25/h13-14,25-26H,4-12,15H2,1-3H3. The zero-order chi connectivity index (χ0) is 18.9. The van der Waals surface area contributed by atoms with Crippen LogP contribution in [0.3, 0.4) is 0 Å². The quantitative estimate of drug-likeness (QED) is 0.577. The van der Waals surface area contributed by atoms with Crippen LogP contribution in [0.5, 0.6) is 5.75 Å². The van der Waals surface area contributed by atoms with Gasteiger partial charge < -0.3 is 10.2 Å². The van der Waals surface area contributed by atoms with Crippen molar-refractivity contribution in [3.8, 4) is 11.7 Å². The van der Waals surface area contributed by atoms with E-state index in [1.165, 1.54) is 25.7 Å². The van der Waals surface area contributed by atoms with E-state index in [-0.39, 0.29) is 5.75 Å². The van der Waals surface area contributed by atoms with E-state index in [0.29, 0.717) is 18.2 Å². The van der Waals surface area contributed by atoms with Crippen LogP contribution in [-0.4, -0.2) is 31.4 Å². The van der Waals surface area contributed by atoms with Gasteiger partial charge in [-0.25, -0.2) is 9.97 Å². The first-order valence-corrected chi connectivity index (χ1v) is 9.87. The lowest BCUT2D eigenvalue weighted by molar-refractivity contribution is 0.282. The molecule has 0 atom stereocenters. The van der Waals surface area contributed by atoms with Crippen molar-refractivity contribution in [1.29, 1.82) is 0 Å². The van der Waals surface area contributed by atoms with Gasteiger partial charge in [-0.2, -0.15) is 0 Å². The molecule has 144 valence electrons. The van der Waals surface area contributed by atoms with E-state index in [1.807, 2.05) is 25.3 Å². The Labute approximate surface area is 157 Å². The van der Waals surface area contributed by atoms with Crippen LogP contribution >= 0.6 is 0 Å². The van der Waals surface area contributed by atoms with Gasteiger partial charge in [-0.05, 0) is 52.2 Å². The molecule has 26 heavy (non-hydrogen) atoms. The average Bonchev–Trinajstić information content (AvgIpc) is 2.95. The fraction of sp³-hybridized carbons (Fsp3) is 0.619. The summed E-state index contributed by atoms with van der Waals surface area (Å²) >= 11 is 0. The molecule has 5 heteroatoms. The molecule has 0 amide bonds. The van der Waals surface area contributed by atoms with Gasteiger partial charge in [0.15, 0.2) is 5.75 Å². The van der Waals surface area contributed by atoms with Crippen LogP contribution in [0.15, 0.2) is 12.1 Å². The number of aromatic hydroxyl groups is 1. The summed E-state index contributed by atoms with van der Waals surface area (Å²) in [6, 6.07) is 4.11. The Morgan fingerprint density at radius 1 is 0.808 bits per heavy atom. The average molecular weight is 360 g/mol. The molecule has 0 saturated heterocycles. The third-order valence-corrected chi connectivity index (χ3v) is 4.91. The van der Waals surface area contributed by atoms with Gasteiger partial charge in [0.2, 0.25) is 5.95 Å². The van der Waals surface area contributed by atoms with Crippen LogP contribution in [0, 0.1) is 20.8 Å². The first kappa shape index (κ1) is 20.4. The monoisotopic (exact) mass is 359 g/mol. The first-order valence-electron chi connectivity index (χ1n) is 9.87. The fourth-order valence-electron chi connectivity index (χ4n) is 3.33. The zero-order valence-corrected chi connectivity index (χ0v) is 16.5. The minimum Gasteiger partial charge on any atom is -0.504 e. The SMILES string of the molecule is Cc1nc(-n2c(C)ccc2C)nc(CCCCCCCCCCO)c1O. The molecule has 2 rings (SSSR count). The molecule has 0 saturated carbocycles. The number of aryl methyl sites for hydroxylation is 4. The Morgan fingerprint density at radius 3 is 1.92 bits per heavy atom. The summed E-state index contributed by atoms with van der Waals surface area (Å²) in [6.07, 6.45) is 9.94. The van der Waals surface area contributed by atoms with Crippen molar-refractivity contribution in [3.63, 3.8) is 0 Å². The number of aliphatic hydroxyl groups is 1. The van der Waals surface area contributed by atoms with E-state index in [0.717, 1.165) is 49.2 Å². The minimum absolute atomic E-state index is 0.236. The third-order valence-electron chi connectivity index (χ3n) is 4.91. The highest BCUT2D eigenvalue weighted by atomic mass is 16.3. The predicted molar refractivity (Wildman–Crippen MR) is 105 cm³/mol. The van der Waals surface area contributed by atoms with E-state index in [9.17, 15) is 5.11 Å². The van der Waals surface area contributed by atoms with Gasteiger partial charge in [-0.1, -0.05) is 38.5 Å². The molecular formula is C21H33N3O2. The molecule has 2 aromatic rings. The lowest BCUT2D eigenvalue weighted by Crippen LogP contribution is -2.08. The second kappa shape index (κ2) is 10.3. The van der Waals surface area contributed by atoms with Gasteiger partial charge in [0.1, 0.15) is 0 Å².